The normalized spacial score (nSPS) is 18.8. The predicted molar refractivity (Wildman–Crippen MR) is 112 cm³/mol. The Morgan fingerprint density at radius 2 is 1.91 bits per heavy atom. The van der Waals surface area contributed by atoms with Crippen LogP contribution >= 0.6 is 0 Å². The number of aryl methyl sites for hydroxylation is 1. The highest BCUT2D eigenvalue weighted by molar-refractivity contribution is 5.90. The second-order valence-corrected chi connectivity index (χ2v) is 8.57. The van der Waals surface area contributed by atoms with E-state index in [2.05, 4.69) is 10.4 Å². The van der Waals surface area contributed by atoms with E-state index in [0.29, 0.717) is 5.56 Å². The van der Waals surface area contributed by atoms with E-state index in [1.54, 1.807) is 13.0 Å². The van der Waals surface area contributed by atoms with Crippen molar-refractivity contribution in [3.63, 3.8) is 0 Å². The molecule has 0 amide bonds. The number of nitrogens with one attached hydrogen (secondary N) is 1. The number of nitrogens with zero attached hydrogens (tertiary/aromatic N) is 3. The van der Waals surface area contributed by atoms with Crippen LogP contribution < -0.4 is 21.2 Å². The Hall–Kier alpha value is -3.37. The number of ether oxygens (including phenoxy) is 1. The van der Waals surface area contributed by atoms with Gasteiger partial charge < -0.3 is 14.6 Å². The fourth-order valence-electron chi connectivity index (χ4n) is 4.34. The third kappa shape index (κ3) is 3.20. The molecule has 1 fully saturated rings. The molecular formula is C22H20F4N4O3. The highest BCUT2D eigenvalue weighted by Gasteiger charge is 2.53. The number of hydrogen-bond acceptors (Lipinski definition) is 5. The second-order valence-electron chi connectivity index (χ2n) is 8.57. The Morgan fingerprint density at radius 3 is 2.58 bits per heavy atom. The van der Waals surface area contributed by atoms with Crippen molar-refractivity contribution in [2.24, 2.45) is 7.05 Å². The quantitative estimate of drug-likeness (QED) is 0.585. The van der Waals surface area contributed by atoms with Gasteiger partial charge in [-0.1, -0.05) is 12.1 Å². The molecule has 1 aromatic carbocycles. The van der Waals surface area contributed by atoms with Crippen molar-refractivity contribution in [1.82, 2.24) is 14.3 Å². The summed E-state index contributed by atoms with van der Waals surface area (Å²) in [7, 11) is 1.40. The highest BCUT2D eigenvalue weighted by Crippen LogP contribution is 2.48. The molecule has 2 aromatic heterocycles. The van der Waals surface area contributed by atoms with Crippen molar-refractivity contribution in [1.29, 1.82) is 0 Å². The molecule has 174 valence electrons. The summed E-state index contributed by atoms with van der Waals surface area (Å²) in [6.45, 7) is 0.945. The Morgan fingerprint density at radius 1 is 1.18 bits per heavy atom. The molecule has 0 bridgehead atoms. The highest BCUT2D eigenvalue weighted by atomic mass is 19.3. The number of hydrogen-bond donors (Lipinski definition) is 1. The number of aromatic nitrogens is 3. The maximum atomic E-state index is 14.1. The largest absolute Gasteiger partial charge is 0.486 e. The van der Waals surface area contributed by atoms with Crippen LogP contribution in [0, 0.1) is 0 Å². The molecule has 3 heterocycles. The smallest absolute Gasteiger partial charge is 0.310 e. The fraction of sp³-hybridized carbons (Fsp3) is 0.409. The summed E-state index contributed by atoms with van der Waals surface area (Å²) in [6, 6.07) is 4.89. The molecule has 11 heteroatoms. The first-order valence-corrected chi connectivity index (χ1v) is 10.4. The number of anilines is 1. The molecule has 0 unspecified atom stereocenters. The average molecular weight is 464 g/mol. The minimum Gasteiger partial charge on any atom is -0.486 e. The number of fused-ring (bicyclic) bond motifs is 2. The SMILES string of the molecule is C[C@@H](Nc1nn(C)c(=O)c2cc(=O)n(C3(C(F)F)CC3)cc12)c1cccc2c1OCC2(F)F. The molecule has 7 nitrogen and oxygen atoms in total. The van der Waals surface area contributed by atoms with E-state index in [4.69, 9.17) is 4.74 Å². The molecule has 0 radical (unpaired) electrons. The number of para-hydroxylation sites is 1. The van der Waals surface area contributed by atoms with Crippen LogP contribution in [0.3, 0.4) is 0 Å². The number of alkyl halides is 4. The van der Waals surface area contributed by atoms with Gasteiger partial charge in [-0.05, 0) is 25.8 Å². The summed E-state index contributed by atoms with van der Waals surface area (Å²) in [4.78, 5) is 25.2. The van der Waals surface area contributed by atoms with Gasteiger partial charge in [0.15, 0.2) is 12.4 Å². The van der Waals surface area contributed by atoms with Crippen LogP contribution in [0.15, 0.2) is 40.1 Å². The lowest BCUT2D eigenvalue weighted by Gasteiger charge is -2.21. The Balaban J connectivity index is 1.62. The van der Waals surface area contributed by atoms with Gasteiger partial charge >= 0.3 is 5.92 Å². The standard InChI is InChI=1S/C22H20F4N4O3/c1-11(12-4-3-5-15-17(12)33-10-22(15,25)26)27-18-14-9-30(21(6-7-21)20(23)24)16(31)8-13(14)19(32)29(2)28-18/h3-5,8-9,11,20H,6-7,10H2,1-2H3,(H,27,28)/t11-/m1/s1. The molecule has 33 heavy (non-hydrogen) atoms. The van der Waals surface area contributed by atoms with Crippen molar-refractivity contribution in [3.05, 3.63) is 62.3 Å². The van der Waals surface area contributed by atoms with Gasteiger partial charge in [-0.3, -0.25) is 9.59 Å². The molecule has 1 aliphatic heterocycles. The van der Waals surface area contributed by atoms with Crippen LogP contribution in [0.1, 0.15) is 36.9 Å². The topological polar surface area (TPSA) is 78.2 Å². The zero-order valence-corrected chi connectivity index (χ0v) is 17.7. The van der Waals surface area contributed by atoms with E-state index in [1.165, 1.54) is 25.4 Å². The van der Waals surface area contributed by atoms with Crippen LogP contribution in [0.25, 0.3) is 10.8 Å². The summed E-state index contributed by atoms with van der Waals surface area (Å²) in [5, 5.41) is 7.50. The molecule has 2 aliphatic rings. The summed E-state index contributed by atoms with van der Waals surface area (Å²) >= 11 is 0. The Kier molecular flexibility index (Phi) is 4.60. The lowest BCUT2D eigenvalue weighted by atomic mass is 10.0. The molecule has 1 aliphatic carbocycles. The third-order valence-electron chi connectivity index (χ3n) is 6.39. The zero-order valence-electron chi connectivity index (χ0n) is 17.7. The van der Waals surface area contributed by atoms with Crippen LogP contribution in [-0.2, 0) is 18.5 Å². The molecule has 5 rings (SSSR count). The fourth-order valence-corrected chi connectivity index (χ4v) is 4.34. The van der Waals surface area contributed by atoms with Crippen molar-refractivity contribution < 1.29 is 22.3 Å². The third-order valence-corrected chi connectivity index (χ3v) is 6.39. The van der Waals surface area contributed by atoms with Gasteiger partial charge in [-0.15, -0.1) is 0 Å². The molecule has 0 spiro atoms. The van der Waals surface area contributed by atoms with E-state index < -0.39 is 41.7 Å². The maximum Gasteiger partial charge on any atom is 0.310 e. The van der Waals surface area contributed by atoms with Gasteiger partial charge in [-0.25, -0.2) is 13.5 Å². The number of halogens is 4. The summed E-state index contributed by atoms with van der Waals surface area (Å²) in [5.41, 5.74) is -2.60. The van der Waals surface area contributed by atoms with E-state index in [-0.39, 0.29) is 40.7 Å². The van der Waals surface area contributed by atoms with E-state index in [0.717, 1.165) is 15.3 Å². The zero-order chi connectivity index (χ0) is 23.7. The first-order valence-electron chi connectivity index (χ1n) is 10.4. The molecule has 1 atom stereocenters. The lowest BCUT2D eigenvalue weighted by molar-refractivity contribution is -0.0214. The number of rotatable bonds is 5. The average Bonchev–Trinajstić information content (AvgIpc) is 3.51. The van der Waals surface area contributed by atoms with Gasteiger partial charge in [0.25, 0.3) is 17.5 Å². The summed E-state index contributed by atoms with van der Waals surface area (Å²) in [6.07, 6.45) is -1.21. The minimum absolute atomic E-state index is 0.0228. The molecule has 1 saturated carbocycles. The van der Waals surface area contributed by atoms with Gasteiger partial charge in [0.2, 0.25) is 0 Å². The summed E-state index contributed by atoms with van der Waals surface area (Å²) in [5.74, 6) is -2.87. The predicted octanol–water partition coefficient (Wildman–Crippen LogP) is 3.51. The first kappa shape index (κ1) is 21.5. The number of pyridine rings is 1. The molecule has 0 saturated heterocycles. The number of benzene rings is 1. The Bertz CT molecular complexity index is 1390. The monoisotopic (exact) mass is 464 g/mol. The van der Waals surface area contributed by atoms with E-state index in [1.807, 2.05) is 0 Å². The lowest BCUT2D eigenvalue weighted by Crippen LogP contribution is -2.36. The van der Waals surface area contributed by atoms with Gasteiger partial charge in [-0.2, -0.15) is 13.9 Å². The van der Waals surface area contributed by atoms with Crippen LogP contribution in [0.2, 0.25) is 0 Å². The maximum absolute atomic E-state index is 14.1. The van der Waals surface area contributed by atoms with Crippen molar-refractivity contribution >= 4 is 16.6 Å². The Labute approximate surface area is 184 Å². The van der Waals surface area contributed by atoms with Crippen LogP contribution in [0.5, 0.6) is 5.75 Å². The minimum atomic E-state index is -3.10. The van der Waals surface area contributed by atoms with Crippen LogP contribution in [-0.4, -0.2) is 27.4 Å². The van der Waals surface area contributed by atoms with Crippen molar-refractivity contribution in [2.75, 3.05) is 11.9 Å². The summed E-state index contributed by atoms with van der Waals surface area (Å²) < 4.78 is 62.8. The molecular weight excluding hydrogens is 444 g/mol. The van der Waals surface area contributed by atoms with Crippen molar-refractivity contribution in [2.45, 2.75) is 43.7 Å². The van der Waals surface area contributed by atoms with Gasteiger partial charge in [0.1, 0.15) is 11.3 Å². The molecule has 1 N–H and O–H groups in total. The molecule has 3 aromatic rings. The van der Waals surface area contributed by atoms with Gasteiger partial charge in [0.05, 0.1) is 17.0 Å². The van der Waals surface area contributed by atoms with Crippen molar-refractivity contribution in [3.8, 4) is 5.75 Å². The van der Waals surface area contributed by atoms with Crippen LogP contribution in [0.4, 0.5) is 23.4 Å². The van der Waals surface area contributed by atoms with E-state index in [9.17, 15) is 27.2 Å². The second kappa shape index (κ2) is 7.06. The first-order chi connectivity index (χ1) is 15.5. The van der Waals surface area contributed by atoms with E-state index >= 15 is 0 Å². The van der Waals surface area contributed by atoms with Gasteiger partial charge in [0, 0.05) is 30.3 Å².